The van der Waals surface area contributed by atoms with E-state index in [2.05, 4.69) is 232 Å². The van der Waals surface area contributed by atoms with Gasteiger partial charge in [-0.1, -0.05) is 173 Å². The van der Waals surface area contributed by atoms with Crippen LogP contribution >= 0.6 is 0 Å². The van der Waals surface area contributed by atoms with E-state index in [-0.39, 0.29) is 33.8 Å². The second kappa shape index (κ2) is 14.6. The molecule has 0 bridgehead atoms. The Morgan fingerprint density at radius 1 is 0.409 bits per heavy atom. The van der Waals surface area contributed by atoms with Gasteiger partial charge in [-0.05, 0) is 174 Å². The van der Waals surface area contributed by atoms with E-state index < -0.39 is 0 Å². The van der Waals surface area contributed by atoms with Crippen LogP contribution in [0, 0.1) is 6.92 Å². The topological polar surface area (TPSA) is 6.48 Å². The Morgan fingerprint density at radius 3 is 1.50 bits per heavy atom. The van der Waals surface area contributed by atoms with Crippen molar-refractivity contribution >= 4 is 57.2 Å². The molecule has 4 aliphatic rings. The quantitative estimate of drug-likeness (QED) is 0.163. The molecular weight excluding hydrogens is 796 g/mol. The summed E-state index contributed by atoms with van der Waals surface area (Å²) in [5.74, 6) is 0. The van der Waals surface area contributed by atoms with E-state index in [0.717, 1.165) is 0 Å². The maximum atomic E-state index is 2.72. The molecule has 0 fully saturated rings. The van der Waals surface area contributed by atoms with Crippen LogP contribution in [0.25, 0.3) is 22.3 Å². The third-order valence-electron chi connectivity index (χ3n) is 16.7. The number of benzene rings is 7. The first kappa shape index (κ1) is 42.8. The fraction of sp³-hybridized carbons (Fsp3) is 0.333. The predicted octanol–water partition coefficient (Wildman–Crippen LogP) is 15.4. The fourth-order valence-corrected chi connectivity index (χ4v) is 12.2. The van der Waals surface area contributed by atoms with Gasteiger partial charge in [0.2, 0.25) is 0 Å². The Bertz CT molecular complexity index is 3090. The highest BCUT2D eigenvalue weighted by atomic mass is 15.2. The van der Waals surface area contributed by atoms with Crippen molar-refractivity contribution in [2.75, 3.05) is 9.80 Å². The van der Waals surface area contributed by atoms with Gasteiger partial charge in [0.1, 0.15) is 0 Å². The molecule has 2 nitrogen and oxygen atoms in total. The lowest BCUT2D eigenvalue weighted by molar-refractivity contribution is 0.332. The number of fused-ring (bicyclic) bond motifs is 6. The second-order valence-corrected chi connectivity index (χ2v) is 24.0. The monoisotopic (exact) mass is 863 g/mol. The van der Waals surface area contributed by atoms with Gasteiger partial charge in [0, 0.05) is 34.1 Å². The molecule has 0 N–H and O–H groups in total. The minimum atomic E-state index is -0.110. The van der Waals surface area contributed by atoms with E-state index in [0.29, 0.717) is 0 Å². The number of hydrogen-bond acceptors (Lipinski definition) is 2. The van der Waals surface area contributed by atoms with Gasteiger partial charge in [-0.3, -0.25) is 0 Å². The molecule has 332 valence electrons. The van der Waals surface area contributed by atoms with Crippen molar-refractivity contribution in [3.63, 3.8) is 0 Å². The van der Waals surface area contributed by atoms with Gasteiger partial charge >= 0.3 is 0 Å². The van der Waals surface area contributed by atoms with Crippen molar-refractivity contribution in [1.29, 1.82) is 0 Å². The first-order chi connectivity index (χ1) is 31.2. The van der Waals surface area contributed by atoms with E-state index in [1.807, 2.05) is 0 Å². The zero-order valence-electron chi connectivity index (χ0n) is 41.6. The molecule has 0 radical (unpaired) electrons. The number of aryl methyl sites for hydroxylation is 1. The first-order valence-corrected chi connectivity index (χ1v) is 24.7. The summed E-state index contributed by atoms with van der Waals surface area (Å²) >= 11 is 0. The molecule has 2 aliphatic heterocycles. The molecule has 0 saturated carbocycles. The molecule has 7 aromatic rings. The van der Waals surface area contributed by atoms with Crippen molar-refractivity contribution in [3.8, 4) is 22.3 Å². The van der Waals surface area contributed by atoms with E-state index in [4.69, 9.17) is 0 Å². The Labute approximate surface area is 396 Å². The summed E-state index contributed by atoms with van der Waals surface area (Å²) in [7, 11) is 0. The number of anilines is 6. The van der Waals surface area contributed by atoms with Crippen molar-refractivity contribution < 1.29 is 0 Å². The summed E-state index contributed by atoms with van der Waals surface area (Å²) in [4.78, 5) is 5.36. The summed E-state index contributed by atoms with van der Waals surface area (Å²) in [5, 5.41) is 0. The van der Waals surface area contributed by atoms with Crippen LogP contribution in [0.1, 0.15) is 135 Å². The highest BCUT2D eigenvalue weighted by molar-refractivity contribution is 7.00. The largest absolute Gasteiger partial charge is 0.311 e. The zero-order valence-corrected chi connectivity index (χ0v) is 41.6. The normalized spacial score (nSPS) is 18.2. The highest BCUT2D eigenvalue weighted by Gasteiger charge is 2.48. The highest BCUT2D eigenvalue weighted by Crippen LogP contribution is 2.53. The van der Waals surface area contributed by atoms with Crippen LogP contribution in [0.4, 0.5) is 34.1 Å². The maximum Gasteiger partial charge on any atom is 0.252 e. The van der Waals surface area contributed by atoms with Crippen molar-refractivity contribution in [3.05, 3.63) is 173 Å². The molecule has 0 saturated heterocycles. The fourth-order valence-electron chi connectivity index (χ4n) is 12.2. The molecule has 11 rings (SSSR count). The Balaban J connectivity index is 1.28. The van der Waals surface area contributed by atoms with Crippen molar-refractivity contribution in [2.24, 2.45) is 0 Å². The van der Waals surface area contributed by atoms with Gasteiger partial charge in [-0.15, -0.1) is 0 Å². The third kappa shape index (κ3) is 6.65. The molecule has 0 aromatic heterocycles. The van der Waals surface area contributed by atoms with Gasteiger partial charge in [0.05, 0.1) is 0 Å². The lowest BCUT2D eigenvalue weighted by Gasteiger charge is -2.48. The Morgan fingerprint density at radius 2 is 0.909 bits per heavy atom. The van der Waals surface area contributed by atoms with Gasteiger partial charge in [0.25, 0.3) is 6.71 Å². The second-order valence-electron chi connectivity index (χ2n) is 24.0. The molecule has 7 aromatic carbocycles. The molecule has 0 amide bonds. The molecule has 0 atom stereocenters. The first-order valence-electron chi connectivity index (χ1n) is 24.7. The van der Waals surface area contributed by atoms with Crippen LogP contribution in [0.5, 0.6) is 0 Å². The molecule has 0 unspecified atom stereocenters. The third-order valence-corrected chi connectivity index (χ3v) is 16.7. The van der Waals surface area contributed by atoms with E-state index in [1.54, 1.807) is 0 Å². The SMILES string of the molecule is Cc1ccc(-c2ccccc2)cc1N1c2ccc(-c3ccccc3)cc2B2c3cc4c(cc3N(c3ccc5c(c3)C(C)(C)CCC5(C)C)c3cc(C(C)(C)C)cc1c32)C(C)(C)CCC4(C)C. The van der Waals surface area contributed by atoms with Gasteiger partial charge in [-0.25, -0.2) is 0 Å². The summed E-state index contributed by atoms with van der Waals surface area (Å²) in [6, 6.07) is 54.3. The Hall–Kier alpha value is -5.80. The van der Waals surface area contributed by atoms with Crippen LogP contribution in [-0.2, 0) is 27.1 Å². The van der Waals surface area contributed by atoms with Crippen molar-refractivity contribution in [1.82, 2.24) is 0 Å². The maximum absolute atomic E-state index is 2.72. The molecule has 0 spiro atoms. The standard InChI is InChI=1S/C63H67BN2/c1-40-23-24-44(42-21-17-14-18-22-42)34-54(40)66-53-28-25-43(41-19-15-13-16-20-41)33-51(53)64-52-38-49-50(63(11,12)32-31-62(49,9)10)39-55(52)65(56-35-45(59(2,3)4)36-57(66)58(56)64)46-26-27-47-48(37-46)61(7,8)30-29-60(47,5)6/h13-28,33-39H,29-32H2,1-12H3. The minimum absolute atomic E-state index is 0.0157. The van der Waals surface area contributed by atoms with Crippen LogP contribution in [0.3, 0.4) is 0 Å². The number of nitrogens with zero attached hydrogens (tertiary/aromatic N) is 2. The molecular formula is C63H67BN2. The lowest BCUT2D eigenvalue weighted by Crippen LogP contribution is -2.62. The van der Waals surface area contributed by atoms with Gasteiger partial charge in [0.15, 0.2) is 0 Å². The van der Waals surface area contributed by atoms with Crippen LogP contribution in [0.15, 0.2) is 140 Å². The van der Waals surface area contributed by atoms with Crippen LogP contribution < -0.4 is 26.2 Å². The molecule has 66 heavy (non-hydrogen) atoms. The van der Waals surface area contributed by atoms with Crippen molar-refractivity contribution in [2.45, 2.75) is 136 Å². The Kier molecular flexibility index (Phi) is 9.47. The molecule has 2 aliphatic carbocycles. The van der Waals surface area contributed by atoms with E-state index >= 15 is 0 Å². The average molecular weight is 863 g/mol. The summed E-state index contributed by atoms with van der Waals surface area (Å²) in [6.45, 7) is 29.3. The summed E-state index contributed by atoms with van der Waals surface area (Å²) in [6.07, 6.45) is 4.72. The molecule has 3 heteroatoms. The van der Waals surface area contributed by atoms with Crippen LogP contribution in [-0.4, -0.2) is 6.71 Å². The van der Waals surface area contributed by atoms with E-state index in [1.165, 1.54) is 132 Å². The van der Waals surface area contributed by atoms with Gasteiger partial charge in [-0.2, -0.15) is 0 Å². The lowest BCUT2D eigenvalue weighted by atomic mass is 9.33. The number of hydrogen-bond donors (Lipinski definition) is 0. The van der Waals surface area contributed by atoms with Gasteiger partial charge < -0.3 is 9.80 Å². The zero-order chi connectivity index (χ0) is 46.3. The summed E-state index contributed by atoms with van der Waals surface area (Å²) in [5.41, 5.74) is 25.6. The number of rotatable bonds is 4. The summed E-state index contributed by atoms with van der Waals surface area (Å²) < 4.78 is 0. The predicted molar refractivity (Wildman–Crippen MR) is 285 cm³/mol. The molecule has 2 heterocycles. The van der Waals surface area contributed by atoms with Crippen LogP contribution in [0.2, 0.25) is 0 Å². The average Bonchev–Trinajstić information content (AvgIpc) is 3.29. The smallest absolute Gasteiger partial charge is 0.252 e. The van der Waals surface area contributed by atoms with E-state index in [9.17, 15) is 0 Å². The minimum Gasteiger partial charge on any atom is -0.311 e.